The van der Waals surface area contributed by atoms with E-state index in [0.29, 0.717) is 12.6 Å². The summed E-state index contributed by atoms with van der Waals surface area (Å²) >= 11 is 0. The van der Waals surface area contributed by atoms with Crippen LogP contribution in [0, 0.1) is 0 Å². The minimum absolute atomic E-state index is 0.315. The van der Waals surface area contributed by atoms with Crippen molar-refractivity contribution in [3.05, 3.63) is 24.0 Å². The molecule has 1 N–H and O–H groups in total. The van der Waals surface area contributed by atoms with Crippen LogP contribution >= 0.6 is 0 Å². The minimum atomic E-state index is 0.315. The second kappa shape index (κ2) is 5.51. The summed E-state index contributed by atoms with van der Waals surface area (Å²) in [7, 11) is 2.06. The first-order valence-corrected chi connectivity index (χ1v) is 6.25. The number of aryl methyl sites for hydroxylation is 1. The van der Waals surface area contributed by atoms with Crippen molar-refractivity contribution in [2.45, 2.75) is 38.3 Å². The Hall–Kier alpha value is -0.800. The number of hydrogen-bond donors (Lipinski definition) is 1. The fraction of sp³-hybridized carbons (Fsp3) is 0.692. The first-order chi connectivity index (χ1) is 7.79. The fourth-order valence-electron chi connectivity index (χ4n) is 2.63. The zero-order valence-electron chi connectivity index (χ0n) is 10.1. The molecule has 1 atom stereocenters. The van der Waals surface area contributed by atoms with E-state index in [9.17, 15) is 0 Å². The predicted molar refractivity (Wildman–Crippen MR) is 65.2 cm³/mol. The van der Waals surface area contributed by atoms with Gasteiger partial charge in [0, 0.05) is 38.6 Å². The van der Waals surface area contributed by atoms with E-state index in [1.54, 1.807) is 0 Å². The van der Waals surface area contributed by atoms with Gasteiger partial charge < -0.3 is 9.67 Å². The Morgan fingerprint density at radius 3 is 3.00 bits per heavy atom. The van der Waals surface area contributed by atoms with Crippen molar-refractivity contribution in [1.29, 1.82) is 0 Å². The van der Waals surface area contributed by atoms with Crippen molar-refractivity contribution in [2.75, 3.05) is 13.2 Å². The van der Waals surface area contributed by atoms with Crippen molar-refractivity contribution in [3.63, 3.8) is 0 Å². The lowest BCUT2D eigenvalue weighted by atomic mass is 9.99. The van der Waals surface area contributed by atoms with E-state index in [1.807, 2.05) is 0 Å². The normalized spacial score (nSPS) is 22.5. The van der Waals surface area contributed by atoms with Crippen LogP contribution in [-0.2, 0) is 13.6 Å². The highest BCUT2D eigenvalue weighted by molar-refractivity contribution is 5.10. The molecule has 0 saturated carbocycles. The smallest absolute Gasteiger partial charge is 0.0445 e. The molecule has 0 amide bonds. The lowest BCUT2D eigenvalue weighted by molar-refractivity contribution is 0.112. The second-order valence-corrected chi connectivity index (χ2v) is 4.82. The Labute approximate surface area is 97.7 Å². The van der Waals surface area contributed by atoms with Gasteiger partial charge in [-0.05, 0) is 37.4 Å². The summed E-state index contributed by atoms with van der Waals surface area (Å²) in [5.41, 5.74) is 1.38. The molecule has 2 heterocycles. The Bertz CT molecular complexity index is 319. The van der Waals surface area contributed by atoms with Crippen LogP contribution in [0.1, 0.15) is 31.2 Å². The Morgan fingerprint density at radius 2 is 2.31 bits per heavy atom. The molecule has 16 heavy (non-hydrogen) atoms. The highest BCUT2D eigenvalue weighted by Gasteiger charge is 2.21. The number of aromatic nitrogens is 1. The molecule has 0 spiro atoms. The van der Waals surface area contributed by atoms with Gasteiger partial charge in [-0.2, -0.15) is 0 Å². The zero-order valence-corrected chi connectivity index (χ0v) is 10.1. The van der Waals surface area contributed by atoms with Crippen LogP contribution in [0.5, 0.6) is 0 Å². The van der Waals surface area contributed by atoms with Crippen molar-refractivity contribution < 1.29 is 5.11 Å². The molecular weight excluding hydrogens is 200 g/mol. The molecule has 3 heteroatoms. The molecule has 0 radical (unpaired) electrons. The maximum absolute atomic E-state index is 9.08. The molecule has 1 fully saturated rings. The summed E-state index contributed by atoms with van der Waals surface area (Å²) in [5.74, 6) is 0. The zero-order chi connectivity index (χ0) is 11.4. The molecule has 1 aliphatic heterocycles. The predicted octanol–water partition coefficient (Wildman–Crippen LogP) is 1.76. The first-order valence-electron chi connectivity index (χ1n) is 6.25. The minimum Gasteiger partial charge on any atom is -0.396 e. The molecular formula is C13H22N2O. The van der Waals surface area contributed by atoms with Crippen molar-refractivity contribution in [2.24, 2.45) is 7.05 Å². The van der Waals surface area contributed by atoms with E-state index in [2.05, 4.69) is 35.0 Å². The third-order valence-corrected chi connectivity index (χ3v) is 3.49. The van der Waals surface area contributed by atoms with E-state index in [-0.39, 0.29) is 0 Å². The quantitative estimate of drug-likeness (QED) is 0.841. The van der Waals surface area contributed by atoms with Crippen molar-refractivity contribution in [1.82, 2.24) is 9.47 Å². The van der Waals surface area contributed by atoms with E-state index < -0.39 is 0 Å². The number of aliphatic hydroxyl groups excluding tert-OH is 1. The average Bonchev–Trinajstić information content (AvgIpc) is 2.67. The summed E-state index contributed by atoms with van der Waals surface area (Å²) in [6.07, 6.45) is 9.07. The van der Waals surface area contributed by atoms with Gasteiger partial charge in [0.2, 0.25) is 0 Å². The lowest BCUT2D eigenvalue weighted by Crippen LogP contribution is -2.39. The summed E-state index contributed by atoms with van der Waals surface area (Å²) in [6, 6.07) is 2.77. The first kappa shape index (κ1) is 11.7. The number of hydrogen-bond acceptors (Lipinski definition) is 2. The van der Waals surface area contributed by atoms with Crippen LogP contribution in [0.2, 0.25) is 0 Å². The van der Waals surface area contributed by atoms with Gasteiger partial charge in [-0.1, -0.05) is 6.42 Å². The van der Waals surface area contributed by atoms with Gasteiger partial charge in [0.1, 0.15) is 0 Å². The lowest BCUT2D eigenvalue weighted by Gasteiger charge is -2.35. The van der Waals surface area contributed by atoms with Gasteiger partial charge in [-0.25, -0.2) is 0 Å². The topological polar surface area (TPSA) is 28.4 Å². The van der Waals surface area contributed by atoms with Gasteiger partial charge in [-0.3, -0.25) is 4.90 Å². The SMILES string of the molecule is Cn1ccc(CN2CCCCC2CCO)c1. The number of piperidine rings is 1. The maximum Gasteiger partial charge on any atom is 0.0445 e. The molecule has 1 saturated heterocycles. The van der Waals surface area contributed by atoms with Crippen LogP contribution in [0.4, 0.5) is 0 Å². The molecule has 1 aliphatic rings. The summed E-state index contributed by atoms with van der Waals surface area (Å²) in [5, 5.41) is 9.08. The van der Waals surface area contributed by atoms with Crippen LogP contribution in [0.15, 0.2) is 18.5 Å². The highest BCUT2D eigenvalue weighted by Crippen LogP contribution is 2.21. The van der Waals surface area contributed by atoms with Gasteiger partial charge in [0.05, 0.1) is 0 Å². The van der Waals surface area contributed by atoms with E-state index in [0.717, 1.165) is 13.0 Å². The molecule has 0 bridgehead atoms. The molecule has 1 unspecified atom stereocenters. The van der Waals surface area contributed by atoms with Gasteiger partial charge >= 0.3 is 0 Å². The molecule has 2 rings (SSSR count). The fourth-order valence-corrected chi connectivity index (χ4v) is 2.63. The summed E-state index contributed by atoms with van der Waals surface area (Å²) in [4.78, 5) is 2.52. The Kier molecular flexibility index (Phi) is 4.02. The molecule has 1 aromatic rings. The van der Waals surface area contributed by atoms with E-state index in [4.69, 9.17) is 5.11 Å². The largest absolute Gasteiger partial charge is 0.396 e. The second-order valence-electron chi connectivity index (χ2n) is 4.82. The molecule has 1 aromatic heterocycles. The number of rotatable bonds is 4. The van der Waals surface area contributed by atoms with Crippen LogP contribution < -0.4 is 0 Å². The standard InChI is InChI=1S/C13H22N2O/c1-14-8-5-12(10-14)11-15-7-3-2-4-13(15)6-9-16/h5,8,10,13,16H,2-4,6-7,9,11H2,1H3. The average molecular weight is 222 g/mol. The highest BCUT2D eigenvalue weighted by atomic mass is 16.3. The van der Waals surface area contributed by atoms with Crippen LogP contribution in [0.3, 0.4) is 0 Å². The number of likely N-dealkylation sites (tertiary alicyclic amines) is 1. The number of nitrogens with zero attached hydrogens (tertiary/aromatic N) is 2. The molecule has 0 aliphatic carbocycles. The monoisotopic (exact) mass is 222 g/mol. The van der Waals surface area contributed by atoms with E-state index >= 15 is 0 Å². The van der Waals surface area contributed by atoms with Crippen LogP contribution in [0.25, 0.3) is 0 Å². The molecule has 3 nitrogen and oxygen atoms in total. The Balaban J connectivity index is 1.95. The summed E-state index contributed by atoms with van der Waals surface area (Å²) in [6.45, 7) is 2.53. The van der Waals surface area contributed by atoms with Gasteiger partial charge in [0.25, 0.3) is 0 Å². The van der Waals surface area contributed by atoms with Crippen molar-refractivity contribution in [3.8, 4) is 0 Å². The number of aliphatic hydroxyl groups is 1. The molecule has 90 valence electrons. The maximum atomic E-state index is 9.08. The van der Waals surface area contributed by atoms with Crippen LogP contribution in [-0.4, -0.2) is 33.8 Å². The van der Waals surface area contributed by atoms with Gasteiger partial charge in [-0.15, -0.1) is 0 Å². The van der Waals surface area contributed by atoms with Gasteiger partial charge in [0.15, 0.2) is 0 Å². The summed E-state index contributed by atoms with van der Waals surface area (Å²) < 4.78 is 2.10. The van der Waals surface area contributed by atoms with Crippen molar-refractivity contribution >= 4 is 0 Å². The molecule has 0 aromatic carbocycles. The third-order valence-electron chi connectivity index (χ3n) is 3.49. The van der Waals surface area contributed by atoms with E-state index in [1.165, 1.54) is 31.4 Å². The third kappa shape index (κ3) is 2.86. The Morgan fingerprint density at radius 1 is 1.44 bits per heavy atom.